The lowest BCUT2D eigenvalue weighted by Crippen LogP contribution is -2.40. The Morgan fingerprint density at radius 1 is 1.31 bits per heavy atom. The van der Waals surface area contributed by atoms with Crippen molar-refractivity contribution in [2.24, 2.45) is 12.8 Å². The van der Waals surface area contributed by atoms with Gasteiger partial charge in [0, 0.05) is 18.8 Å². The van der Waals surface area contributed by atoms with E-state index in [0.29, 0.717) is 5.56 Å². The Bertz CT molecular complexity index is 515. The first-order valence-electron chi connectivity index (χ1n) is 5.05. The molecule has 0 aliphatic rings. The molecule has 86 valence electrons. The van der Waals surface area contributed by atoms with Crippen molar-refractivity contribution in [1.82, 2.24) is 4.57 Å². The van der Waals surface area contributed by atoms with E-state index in [1.165, 1.54) is 6.92 Å². The van der Waals surface area contributed by atoms with Crippen molar-refractivity contribution in [2.45, 2.75) is 18.9 Å². The van der Waals surface area contributed by atoms with Gasteiger partial charge in [0.25, 0.3) is 6.43 Å². The summed E-state index contributed by atoms with van der Waals surface area (Å²) in [4.78, 5) is 0. The van der Waals surface area contributed by atoms with Gasteiger partial charge in [0.2, 0.25) is 0 Å². The molecule has 1 aromatic heterocycles. The van der Waals surface area contributed by atoms with Crippen LogP contribution in [0.1, 0.15) is 12.5 Å². The number of aryl methyl sites for hydroxylation is 1. The Labute approximate surface area is 92.7 Å². The minimum Gasteiger partial charge on any atom is -0.351 e. The average molecular weight is 224 g/mol. The van der Waals surface area contributed by atoms with Gasteiger partial charge in [-0.1, -0.05) is 12.1 Å². The van der Waals surface area contributed by atoms with Gasteiger partial charge >= 0.3 is 0 Å². The molecule has 0 radical (unpaired) electrons. The Morgan fingerprint density at radius 3 is 2.62 bits per heavy atom. The molecule has 2 rings (SSSR count). The summed E-state index contributed by atoms with van der Waals surface area (Å²) in [6.07, 6.45) is -0.685. The highest BCUT2D eigenvalue weighted by Crippen LogP contribution is 2.28. The van der Waals surface area contributed by atoms with E-state index in [1.54, 1.807) is 12.1 Å². The molecule has 0 fully saturated rings. The van der Waals surface area contributed by atoms with Crippen molar-refractivity contribution < 1.29 is 8.78 Å². The first kappa shape index (κ1) is 11.1. The largest absolute Gasteiger partial charge is 0.351 e. The molecule has 2 N–H and O–H groups in total. The van der Waals surface area contributed by atoms with Gasteiger partial charge in [0.05, 0.1) is 5.54 Å². The zero-order chi connectivity index (χ0) is 11.9. The molecule has 1 atom stereocenters. The van der Waals surface area contributed by atoms with Crippen LogP contribution in [0.3, 0.4) is 0 Å². The summed E-state index contributed by atoms with van der Waals surface area (Å²) < 4.78 is 27.5. The van der Waals surface area contributed by atoms with Gasteiger partial charge < -0.3 is 10.3 Å². The van der Waals surface area contributed by atoms with E-state index in [9.17, 15) is 8.78 Å². The molecule has 0 spiro atoms. The molecular weight excluding hydrogens is 210 g/mol. The molecule has 0 saturated carbocycles. The maximum absolute atomic E-state index is 12.8. The second kappa shape index (κ2) is 3.56. The van der Waals surface area contributed by atoms with Crippen LogP contribution in [0.2, 0.25) is 0 Å². The molecule has 0 bridgehead atoms. The van der Waals surface area contributed by atoms with Crippen molar-refractivity contribution in [3.8, 4) is 0 Å². The van der Waals surface area contributed by atoms with E-state index in [2.05, 4.69) is 0 Å². The van der Waals surface area contributed by atoms with Gasteiger partial charge in [-0.15, -0.1) is 0 Å². The van der Waals surface area contributed by atoms with Crippen molar-refractivity contribution in [3.05, 3.63) is 36.0 Å². The van der Waals surface area contributed by atoms with E-state index in [0.717, 1.165) is 10.9 Å². The maximum Gasteiger partial charge on any atom is 0.260 e. The van der Waals surface area contributed by atoms with Crippen LogP contribution in [0.15, 0.2) is 30.5 Å². The van der Waals surface area contributed by atoms with Crippen LogP contribution in [-0.2, 0) is 12.6 Å². The molecule has 0 aliphatic heterocycles. The van der Waals surface area contributed by atoms with E-state index in [1.807, 2.05) is 29.9 Å². The standard InChI is InChI=1S/C12H14F2N2/c1-12(15,11(13)14)9-4-3-8-5-6-16(2)10(8)7-9/h3-7,11H,15H2,1-2H3. The number of benzene rings is 1. The lowest BCUT2D eigenvalue weighted by Gasteiger charge is -2.24. The second-order valence-electron chi connectivity index (χ2n) is 4.28. The number of rotatable bonds is 2. The fraction of sp³-hybridized carbons (Fsp3) is 0.333. The Morgan fingerprint density at radius 2 is 2.00 bits per heavy atom. The van der Waals surface area contributed by atoms with Crippen molar-refractivity contribution in [1.29, 1.82) is 0 Å². The quantitative estimate of drug-likeness (QED) is 0.835. The number of hydrogen-bond donors (Lipinski definition) is 1. The third kappa shape index (κ3) is 1.59. The Balaban J connectivity index is 2.58. The Hall–Kier alpha value is -1.42. The molecule has 1 heterocycles. The summed E-state index contributed by atoms with van der Waals surface area (Å²) in [7, 11) is 1.88. The van der Waals surface area contributed by atoms with Gasteiger partial charge in [-0.3, -0.25) is 0 Å². The molecule has 2 nitrogen and oxygen atoms in total. The minimum absolute atomic E-state index is 0.455. The minimum atomic E-state index is -2.58. The molecule has 16 heavy (non-hydrogen) atoms. The monoisotopic (exact) mass is 224 g/mol. The lowest BCUT2D eigenvalue weighted by molar-refractivity contribution is 0.0626. The van der Waals surface area contributed by atoms with Crippen molar-refractivity contribution in [2.75, 3.05) is 0 Å². The molecule has 4 heteroatoms. The lowest BCUT2D eigenvalue weighted by atomic mass is 9.93. The van der Waals surface area contributed by atoms with Crippen LogP contribution >= 0.6 is 0 Å². The summed E-state index contributed by atoms with van der Waals surface area (Å²) in [5, 5.41) is 1.02. The molecular formula is C12H14F2N2. The SMILES string of the molecule is Cn1ccc2ccc(C(C)(N)C(F)F)cc21. The zero-order valence-electron chi connectivity index (χ0n) is 9.24. The highest BCUT2D eigenvalue weighted by molar-refractivity contribution is 5.81. The Kier molecular flexibility index (Phi) is 2.46. The number of fused-ring (bicyclic) bond motifs is 1. The van der Waals surface area contributed by atoms with Crippen LogP contribution in [0.4, 0.5) is 8.78 Å². The van der Waals surface area contributed by atoms with Crippen LogP contribution < -0.4 is 5.73 Å². The summed E-state index contributed by atoms with van der Waals surface area (Å²) in [5.41, 5.74) is 5.40. The fourth-order valence-corrected chi connectivity index (χ4v) is 1.72. The van der Waals surface area contributed by atoms with Gasteiger partial charge in [-0.2, -0.15) is 0 Å². The summed E-state index contributed by atoms with van der Waals surface area (Å²) in [6, 6.07) is 7.14. The second-order valence-corrected chi connectivity index (χ2v) is 4.28. The topological polar surface area (TPSA) is 30.9 Å². The smallest absolute Gasteiger partial charge is 0.260 e. The van der Waals surface area contributed by atoms with E-state index < -0.39 is 12.0 Å². The highest BCUT2D eigenvalue weighted by atomic mass is 19.3. The molecule has 0 saturated heterocycles. The van der Waals surface area contributed by atoms with Crippen LogP contribution in [0, 0.1) is 0 Å². The first-order valence-corrected chi connectivity index (χ1v) is 5.05. The zero-order valence-corrected chi connectivity index (χ0v) is 9.24. The molecule has 1 unspecified atom stereocenters. The van der Waals surface area contributed by atoms with Gasteiger partial charge in [-0.25, -0.2) is 8.78 Å². The number of nitrogens with two attached hydrogens (primary N) is 1. The normalized spacial score (nSPS) is 15.6. The summed E-state index contributed by atoms with van der Waals surface area (Å²) >= 11 is 0. The van der Waals surface area contributed by atoms with Crippen LogP contribution in [0.25, 0.3) is 10.9 Å². The molecule has 0 amide bonds. The van der Waals surface area contributed by atoms with Crippen molar-refractivity contribution in [3.63, 3.8) is 0 Å². The number of aromatic nitrogens is 1. The van der Waals surface area contributed by atoms with Crippen LogP contribution in [-0.4, -0.2) is 11.0 Å². The molecule has 0 aliphatic carbocycles. The predicted molar refractivity (Wildman–Crippen MR) is 60.5 cm³/mol. The maximum atomic E-state index is 12.8. The fourth-order valence-electron chi connectivity index (χ4n) is 1.72. The molecule has 2 aromatic rings. The summed E-state index contributed by atoms with van der Waals surface area (Å²) in [6.45, 7) is 1.35. The van der Waals surface area contributed by atoms with Crippen molar-refractivity contribution >= 4 is 10.9 Å². The third-order valence-corrected chi connectivity index (χ3v) is 2.96. The number of hydrogen-bond acceptors (Lipinski definition) is 1. The van der Waals surface area contributed by atoms with Gasteiger partial charge in [0.15, 0.2) is 0 Å². The number of alkyl halides is 2. The van der Waals surface area contributed by atoms with E-state index in [-0.39, 0.29) is 0 Å². The van der Waals surface area contributed by atoms with Crippen LogP contribution in [0.5, 0.6) is 0 Å². The van der Waals surface area contributed by atoms with E-state index in [4.69, 9.17) is 5.73 Å². The van der Waals surface area contributed by atoms with Gasteiger partial charge in [0.1, 0.15) is 0 Å². The average Bonchev–Trinajstić information content (AvgIpc) is 2.60. The predicted octanol–water partition coefficient (Wildman–Crippen LogP) is 2.62. The number of halogens is 2. The summed E-state index contributed by atoms with van der Waals surface area (Å²) in [5.74, 6) is 0. The molecule has 1 aromatic carbocycles. The van der Waals surface area contributed by atoms with E-state index >= 15 is 0 Å². The third-order valence-electron chi connectivity index (χ3n) is 2.96. The highest BCUT2D eigenvalue weighted by Gasteiger charge is 2.32. The first-order chi connectivity index (χ1) is 7.43. The van der Waals surface area contributed by atoms with Gasteiger partial charge in [-0.05, 0) is 30.0 Å². The number of nitrogens with zero attached hydrogens (tertiary/aromatic N) is 1.